The summed E-state index contributed by atoms with van der Waals surface area (Å²) in [5.41, 5.74) is 8.56. The lowest BCUT2D eigenvalue weighted by Gasteiger charge is -2.50. The van der Waals surface area contributed by atoms with Gasteiger partial charge >= 0.3 is 0 Å². The van der Waals surface area contributed by atoms with E-state index in [9.17, 15) is 33.6 Å². The van der Waals surface area contributed by atoms with Crippen LogP contribution in [0.3, 0.4) is 0 Å². The molecule has 1 aliphatic heterocycles. The maximum atomic E-state index is 13.7. The van der Waals surface area contributed by atoms with E-state index < -0.39 is 43.3 Å². The Kier molecular flexibility index (Phi) is 20.1. The molecule has 5 rings (SSSR count). The van der Waals surface area contributed by atoms with Gasteiger partial charge in [-0.15, -0.1) is 0 Å². The molecule has 0 radical (unpaired) electrons. The monoisotopic (exact) mass is 916 g/mol. The van der Waals surface area contributed by atoms with Crippen LogP contribution in [-0.2, 0) is 46.5 Å². The topological polar surface area (TPSA) is 260 Å². The lowest BCUT2D eigenvalue weighted by molar-refractivity contribution is -0.141. The van der Waals surface area contributed by atoms with Crippen LogP contribution in [0.4, 0.5) is 5.82 Å². The number of unbranched alkanes of at least 4 members (excludes halogenated alkanes) is 3. The van der Waals surface area contributed by atoms with E-state index in [1.165, 1.54) is 19.3 Å². The van der Waals surface area contributed by atoms with E-state index in [4.69, 9.17) is 10.7 Å². The highest BCUT2D eigenvalue weighted by Crippen LogP contribution is 2.47. The van der Waals surface area contributed by atoms with Gasteiger partial charge in [-0.25, -0.2) is 9.97 Å². The maximum Gasteiger partial charge on any atom is 0.239 e. The lowest BCUT2D eigenvalue weighted by Crippen LogP contribution is -2.62. The Hall–Kier alpha value is -5.65. The third-order valence-corrected chi connectivity index (χ3v) is 13.4. The van der Waals surface area contributed by atoms with Gasteiger partial charge in [0, 0.05) is 55.7 Å². The number of pyridine rings is 1. The number of ketones is 1. The lowest BCUT2D eigenvalue weighted by atomic mass is 9.60. The number of carbonyl (C=O) groups excluding carboxylic acids is 7. The summed E-state index contributed by atoms with van der Waals surface area (Å²) in [6, 6.07) is 8.11. The molecule has 1 saturated heterocycles. The number of imidazole rings is 1. The number of aryl methyl sites for hydroxylation is 2. The van der Waals surface area contributed by atoms with Crippen LogP contribution in [-0.4, -0.2) is 107 Å². The van der Waals surface area contributed by atoms with Crippen LogP contribution in [0, 0.1) is 11.3 Å². The molecule has 1 saturated carbocycles. The second-order valence-electron chi connectivity index (χ2n) is 17.8. The molecule has 2 aliphatic rings. The quantitative estimate of drug-likeness (QED) is 0.0543. The van der Waals surface area contributed by atoms with Gasteiger partial charge in [-0.2, -0.15) is 0 Å². The van der Waals surface area contributed by atoms with E-state index >= 15 is 0 Å². The molecule has 6 amide bonds. The fraction of sp³-hybridized carbons (Fsp3) is 0.646. The Morgan fingerprint density at radius 1 is 0.712 bits per heavy atom. The number of carbonyl (C=O) groups is 7. The predicted octanol–water partition coefficient (Wildman–Crippen LogP) is 3.23. The van der Waals surface area contributed by atoms with Crippen LogP contribution in [0.25, 0.3) is 21.9 Å². The number of nitrogen functional groups attached to an aromatic ring is 1. The fourth-order valence-electron chi connectivity index (χ4n) is 9.73. The predicted molar refractivity (Wildman–Crippen MR) is 254 cm³/mol. The van der Waals surface area contributed by atoms with Gasteiger partial charge in [-0.1, -0.05) is 64.7 Å². The fourth-order valence-corrected chi connectivity index (χ4v) is 9.73. The highest BCUT2D eigenvalue weighted by molar-refractivity contribution is 6.06. The number of hydrogen-bond donors (Lipinski definition) is 8. The molecule has 0 bridgehead atoms. The number of piperidine rings is 1. The van der Waals surface area contributed by atoms with E-state index in [2.05, 4.69) is 67.5 Å². The van der Waals surface area contributed by atoms with Gasteiger partial charge in [0.05, 0.1) is 43.3 Å². The highest BCUT2D eigenvalue weighted by Gasteiger charge is 2.52. The third kappa shape index (κ3) is 14.2. The Labute approximate surface area is 388 Å². The van der Waals surface area contributed by atoms with Gasteiger partial charge in [0.1, 0.15) is 11.3 Å². The summed E-state index contributed by atoms with van der Waals surface area (Å²) in [7, 11) is 0. The van der Waals surface area contributed by atoms with Gasteiger partial charge in [-0.3, -0.25) is 33.6 Å². The van der Waals surface area contributed by atoms with Crippen molar-refractivity contribution in [3.05, 3.63) is 30.1 Å². The third-order valence-electron chi connectivity index (χ3n) is 13.4. The van der Waals surface area contributed by atoms with Crippen molar-refractivity contribution in [1.82, 2.24) is 51.8 Å². The van der Waals surface area contributed by atoms with Gasteiger partial charge < -0.3 is 47.5 Å². The molecule has 1 aliphatic carbocycles. The molecule has 66 heavy (non-hydrogen) atoms. The number of benzene rings is 1. The molecule has 18 nitrogen and oxygen atoms in total. The minimum absolute atomic E-state index is 0.0495. The molecule has 1 aromatic carbocycles. The van der Waals surface area contributed by atoms with Crippen molar-refractivity contribution in [1.29, 1.82) is 0 Å². The largest absolute Gasteiger partial charge is 0.382 e. The molecule has 2 fully saturated rings. The van der Waals surface area contributed by atoms with E-state index in [1.807, 2.05) is 24.3 Å². The van der Waals surface area contributed by atoms with E-state index in [0.717, 1.165) is 86.5 Å². The summed E-state index contributed by atoms with van der Waals surface area (Å²) in [6.07, 6.45) is 14.0. The van der Waals surface area contributed by atoms with Crippen molar-refractivity contribution in [2.75, 3.05) is 45.0 Å². The number of nitrogens with zero attached hydrogens (tertiary/aromatic N) is 3. The van der Waals surface area contributed by atoms with Crippen molar-refractivity contribution in [2.24, 2.45) is 11.3 Å². The maximum absolute atomic E-state index is 13.7. The number of aromatic nitrogens is 3. The number of anilines is 1. The van der Waals surface area contributed by atoms with Crippen LogP contribution in [0.2, 0.25) is 0 Å². The second kappa shape index (κ2) is 25.9. The second-order valence-corrected chi connectivity index (χ2v) is 17.8. The first-order chi connectivity index (χ1) is 31.9. The number of nitrogens with two attached hydrogens (primary N) is 1. The molecular formula is C48H73N11O7. The van der Waals surface area contributed by atoms with Crippen molar-refractivity contribution < 1.29 is 33.6 Å². The molecule has 3 atom stereocenters. The summed E-state index contributed by atoms with van der Waals surface area (Å²) in [5.74, 6) is -0.829. The van der Waals surface area contributed by atoms with Crippen LogP contribution in [0.5, 0.6) is 0 Å². The number of hydrogen-bond acceptors (Lipinski definition) is 11. The normalized spacial score (nSPS) is 17.9. The van der Waals surface area contributed by atoms with Crippen molar-refractivity contribution >= 4 is 69.0 Å². The molecule has 18 heteroatoms. The van der Waals surface area contributed by atoms with Gasteiger partial charge in [-0.05, 0) is 76.2 Å². The van der Waals surface area contributed by atoms with E-state index in [1.54, 1.807) is 0 Å². The van der Waals surface area contributed by atoms with E-state index in [0.29, 0.717) is 61.6 Å². The van der Waals surface area contributed by atoms with E-state index in [-0.39, 0.29) is 42.7 Å². The van der Waals surface area contributed by atoms with Crippen LogP contribution in [0.15, 0.2) is 24.3 Å². The first kappa shape index (κ1) is 51.3. The van der Waals surface area contributed by atoms with Crippen molar-refractivity contribution in [2.45, 2.75) is 149 Å². The number of Topliss-reactive ketones (excluding diaryl/α,β-unsaturated/α-hetero) is 1. The molecule has 362 valence electrons. The standard InChI is InChI=1S/C48H73N11O7/c1-4-7-22-37-58-44-45(32-17-11-12-19-34(32)57-47(44)49)59(37)27-16-15-26-50-38(60)23-24-39(61)52-29-41(63)54-31-43(65)55-30-42(64)53-28-40(62)51-25-14-13-21-36-46(66)48(5-2,6-3)33-18-9-8-10-20-35(33)56-36/h11-12,17,19,33,35-36,56H,4-10,13-16,18,20-31H2,1-3H3,(H2,49,57)(H,50,60)(H,51,62)(H,52,61)(H,53,64)(H,54,63)(H,55,65). The molecule has 9 N–H and O–H groups in total. The Balaban J connectivity index is 0.872. The summed E-state index contributed by atoms with van der Waals surface area (Å²) < 4.78 is 2.22. The summed E-state index contributed by atoms with van der Waals surface area (Å²) in [4.78, 5) is 96.8. The molecule has 2 aromatic heterocycles. The Bertz CT molecular complexity index is 2150. The summed E-state index contributed by atoms with van der Waals surface area (Å²) in [6.45, 7) is 6.54. The number of fused-ring (bicyclic) bond motifs is 4. The minimum Gasteiger partial charge on any atom is -0.382 e. The van der Waals surface area contributed by atoms with Gasteiger partial charge in [0.15, 0.2) is 11.6 Å². The van der Waals surface area contributed by atoms with Crippen LogP contribution in [0.1, 0.15) is 129 Å². The summed E-state index contributed by atoms with van der Waals surface area (Å²) in [5, 5.41) is 20.0. The Morgan fingerprint density at radius 2 is 1.29 bits per heavy atom. The average molecular weight is 916 g/mol. The molecular weight excluding hydrogens is 843 g/mol. The smallest absolute Gasteiger partial charge is 0.239 e. The number of para-hydroxylation sites is 1. The Morgan fingerprint density at radius 3 is 1.94 bits per heavy atom. The van der Waals surface area contributed by atoms with Gasteiger partial charge in [0.25, 0.3) is 0 Å². The first-order valence-electron chi connectivity index (χ1n) is 24.3. The van der Waals surface area contributed by atoms with Crippen molar-refractivity contribution in [3.63, 3.8) is 0 Å². The van der Waals surface area contributed by atoms with Crippen LogP contribution >= 0.6 is 0 Å². The first-order valence-corrected chi connectivity index (χ1v) is 24.3. The molecule has 3 heterocycles. The average Bonchev–Trinajstić information content (AvgIpc) is 3.52. The molecule has 3 aromatic rings. The minimum atomic E-state index is -0.632. The highest BCUT2D eigenvalue weighted by atomic mass is 16.2. The van der Waals surface area contributed by atoms with Crippen molar-refractivity contribution in [3.8, 4) is 0 Å². The SMILES string of the molecule is CCCCc1nc2c(N)nc3ccccc3c2n1CCCCNC(=O)CCC(=O)NCC(=O)NCC(=O)NCC(=O)NCC(=O)NCCCCC1NC2CCCCCC2C(CC)(CC)C1=O. The zero-order valence-corrected chi connectivity index (χ0v) is 39.3. The van der Waals surface area contributed by atoms with Gasteiger partial charge in [0.2, 0.25) is 35.4 Å². The molecule has 3 unspecified atom stereocenters. The number of rotatable bonds is 26. The zero-order valence-electron chi connectivity index (χ0n) is 39.3. The molecule has 0 spiro atoms. The van der Waals surface area contributed by atoms with Crippen LogP contribution < -0.4 is 43.0 Å². The number of amides is 6. The number of nitrogens with one attached hydrogen (secondary N) is 7. The zero-order chi connectivity index (χ0) is 47.5. The summed E-state index contributed by atoms with van der Waals surface area (Å²) >= 11 is 0.